The largest absolute Gasteiger partial charge is 0.485 e. The summed E-state index contributed by atoms with van der Waals surface area (Å²) in [6.07, 6.45) is 1.000. The Morgan fingerprint density at radius 2 is 1.70 bits per heavy atom. The molecule has 0 atom stereocenters. The number of hydrogen-bond donors (Lipinski definition) is 0. The Morgan fingerprint density at radius 3 is 2.52 bits per heavy atom. The van der Waals surface area contributed by atoms with Crippen molar-refractivity contribution in [3.05, 3.63) is 70.0 Å². The van der Waals surface area contributed by atoms with Gasteiger partial charge in [-0.15, -0.1) is 0 Å². The molecule has 7 heteroatoms. The van der Waals surface area contributed by atoms with Crippen LogP contribution in [0.2, 0.25) is 0 Å². The minimum atomic E-state index is -0.429. The highest BCUT2D eigenvalue weighted by Crippen LogP contribution is 2.25. The smallest absolute Gasteiger partial charge is 0.310 e. The minimum Gasteiger partial charge on any atom is -0.485 e. The van der Waals surface area contributed by atoms with Crippen molar-refractivity contribution in [3.63, 3.8) is 0 Å². The number of halogens is 1. The van der Waals surface area contributed by atoms with E-state index in [1.54, 1.807) is 24.3 Å². The van der Waals surface area contributed by atoms with Gasteiger partial charge < -0.3 is 4.74 Å². The topological polar surface area (TPSA) is 58.9 Å². The van der Waals surface area contributed by atoms with Crippen LogP contribution in [0.5, 0.6) is 5.75 Å². The molecule has 0 aliphatic carbocycles. The first-order valence-electron chi connectivity index (χ1n) is 9.18. The fourth-order valence-corrected chi connectivity index (χ4v) is 3.29. The third-order valence-corrected chi connectivity index (χ3v) is 4.76. The maximum atomic E-state index is 13.8. The molecule has 1 fully saturated rings. The van der Waals surface area contributed by atoms with E-state index >= 15 is 0 Å². The number of nitro groups is 1. The Balaban J connectivity index is 1.46. The van der Waals surface area contributed by atoms with E-state index in [9.17, 15) is 14.5 Å². The number of ether oxygens (including phenoxy) is 1. The molecule has 1 aliphatic heterocycles. The predicted octanol–water partition coefficient (Wildman–Crippen LogP) is 3.32. The van der Waals surface area contributed by atoms with Crippen molar-refractivity contribution < 1.29 is 14.1 Å². The van der Waals surface area contributed by atoms with Crippen LogP contribution in [0.4, 0.5) is 10.1 Å². The van der Waals surface area contributed by atoms with Gasteiger partial charge in [0.15, 0.2) is 5.75 Å². The van der Waals surface area contributed by atoms with Gasteiger partial charge in [0.2, 0.25) is 0 Å². The molecule has 27 heavy (non-hydrogen) atoms. The molecule has 144 valence electrons. The first-order valence-corrected chi connectivity index (χ1v) is 9.18. The molecule has 6 nitrogen and oxygen atoms in total. The SMILES string of the molecule is O=[N+]([O-])c1ccccc1OCCN1CCCN(Cc2ccccc2F)CC1. The molecule has 1 saturated heterocycles. The maximum Gasteiger partial charge on any atom is 0.310 e. The lowest BCUT2D eigenvalue weighted by Crippen LogP contribution is -2.33. The first-order chi connectivity index (χ1) is 13.1. The molecule has 0 N–H and O–H groups in total. The molecule has 0 saturated carbocycles. The van der Waals surface area contributed by atoms with Crippen LogP contribution >= 0.6 is 0 Å². The normalized spacial score (nSPS) is 16.0. The summed E-state index contributed by atoms with van der Waals surface area (Å²) in [5.41, 5.74) is 0.718. The Labute approximate surface area is 158 Å². The highest BCUT2D eigenvalue weighted by Gasteiger charge is 2.17. The van der Waals surface area contributed by atoms with Gasteiger partial charge >= 0.3 is 5.69 Å². The molecule has 0 amide bonds. The number of benzene rings is 2. The second-order valence-electron chi connectivity index (χ2n) is 6.64. The summed E-state index contributed by atoms with van der Waals surface area (Å²) in [7, 11) is 0. The number of nitro benzene ring substituents is 1. The van der Waals surface area contributed by atoms with Gasteiger partial charge in [0, 0.05) is 37.8 Å². The summed E-state index contributed by atoms with van der Waals surface area (Å²) in [5, 5.41) is 11.0. The van der Waals surface area contributed by atoms with Gasteiger partial charge in [0.05, 0.1) is 4.92 Å². The molecular weight excluding hydrogens is 349 g/mol. The lowest BCUT2D eigenvalue weighted by atomic mass is 10.2. The minimum absolute atomic E-state index is 0.00979. The molecule has 1 heterocycles. The van der Waals surface area contributed by atoms with E-state index in [1.807, 2.05) is 12.1 Å². The standard InChI is InChI=1S/C20H24FN3O3/c21-18-7-2-1-6-17(18)16-23-11-5-10-22(12-13-23)14-15-27-20-9-4-3-8-19(20)24(25)26/h1-4,6-9H,5,10-16H2. The molecule has 3 rings (SSSR count). The van der Waals surface area contributed by atoms with E-state index in [0.717, 1.165) is 38.2 Å². The lowest BCUT2D eigenvalue weighted by molar-refractivity contribution is -0.385. The van der Waals surface area contributed by atoms with Crippen LogP contribution in [0.25, 0.3) is 0 Å². The van der Waals surface area contributed by atoms with Gasteiger partial charge in [-0.2, -0.15) is 0 Å². The fourth-order valence-electron chi connectivity index (χ4n) is 3.29. The zero-order valence-electron chi connectivity index (χ0n) is 15.2. The van der Waals surface area contributed by atoms with Gasteiger partial charge in [-0.3, -0.25) is 19.9 Å². The zero-order valence-corrected chi connectivity index (χ0v) is 15.2. The molecule has 0 aromatic heterocycles. The average molecular weight is 373 g/mol. The van der Waals surface area contributed by atoms with Crippen LogP contribution in [0.3, 0.4) is 0 Å². The molecule has 2 aromatic rings. The van der Waals surface area contributed by atoms with Crippen molar-refractivity contribution in [2.75, 3.05) is 39.3 Å². The van der Waals surface area contributed by atoms with Gasteiger partial charge in [-0.1, -0.05) is 30.3 Å². The summed E-state index contributed by atoms with van der Waals surface area (Å²) in [5.74, 6) is 0.148. The Kier molecular flexibility index (Phi) is 6.73. The molecule has 2 aromatic carbocycles. The Bertz CT molecular complexity index is 772. The van der Waals surface area contributed by atoms with Crippen molar-refractivity contribution >= 4 is 5.69 Å². The molecular formula is C20H24FN3O3. The summed E-state index contributed by atoms with van der Waals surface area (Å²) >= 11 is 0. The first kappa shape index (κ1) is 19.3. The predicted molar refractivity (Wildman–Crippen MR) is 101 cm³/mol. The van der Waals surface area contributed by atoms with Gasteiger partial charge in [-0.05, 0) is 31.6 Å². The third-order valence-electron chi connectivity index (χ3n) is 4.76. The van der Waals surface area contributed by atoms with E-state index in [0.29, 0.717) is 25.4 Å². The monoisotopic (exact) mass is 373 g/mol. The molecule has 0 unspecified atom stereocenters. The molecule has 0 radical (unpaired) electrons. The number of para-hydroxylation sites is 2. The summed E-state index contributed by atoms with van der Waals surface area (Å²) < 4.78 is 19.5. The van der Waals surface area contributed by atoms with Crippen molar-refractivity contribution in [2.45, 2.75) is 13.0 Å². The summed E-state index contributed by atoms with van der Waals surface area (Å²) in [6, 6.07) is 13.3. The van der Waals surface area contributed by atoms with Crippen LogP contribution < -0.4 is 4.74 Å². The number of nitrogens with zero attached hydrogens (tertiary/aromatic N) is 3. The van der Waals surface area contributed by atoms with E-state index in [2.05, 4.69) is 9.80 Å². The maximum absolute atomic E-state index is 13.8. The summed E-state index contributed by atoms with van der Waals surface area (Å²) in [4.78, 5) is 15.1. The van der Waals surface area contributed by atoms with Crippen LogP contribution in [0.1, 0.15) is 12.0 Å². The van der Waals surface area contributed by atoms with Crippen molar-refractivity contribution in [2.24, 2.45) is 0 Å². The van der Waals surface area contributed by atoms with Gasteiger partial charge in [-0.25, -0.2) is 4.39 Å². The Morgan fingerprint density at radius 1 is 1.00 bits per heavy atom. The van der Waals surface area contributed by atoms with Crippen LogP contribution in [0, 0.1) is 15.9 Å². The third kappa shape index (κ3) is 5.48. The van der Waals surface area contributed by atoms with Crippen LogP contribution in [0.15, 0.2) is 48.5 Å². The van der Waals surface area contributed by atoms with Crippen LogP contribution in [-0.2, 0) is 6.54 Å². The van der Waals surface area contributed by atoms with Crippen molar-refractivity contribution in [1.29, 1.82) is 0 Å². The van der Waals surface area contributed by atoms with Crippen molar-refractivity contribution in [3.8, 4) is 5.75 Å². The average Bonchev–Trinajstić information content (AvgIpc) is 2.89. The Hall–Kier alpha value is -2.51. The zero-order chi connectivity index (χ0) is 19.1. The second-order valence-corrected chi connectivity index (χ2v) is 6.64. The molecule has 0 spiro atoms. The van der Waals surface area contributed by atoms with E-state index in [4.69, 9.17) is 4.74 Å². The second kappa shape index (κ2) is 9.43. The van der Waals surface area contributed by atoms with Gasteiger partial charge in [0.25, 0.3) is 0 Å². The number of rotatable bonds is 7. The quantitative estimate of drug-likeness (QED) is 0.550. The summed E-state index contributed by atoms with van der Waals surface area (Å²) in [6.45, 7) is 5.32. The van der Waals surface area contributed by atoms with E-state index in [1.165, 1.54) is 12.1 Å². The van der Waals surface area contributed by atoms with Crippen molar-refractivity contribution in [1.82, 2.24) is 9.80 Å². The number of hydrogen-bond acceptors (Lipinski definition) is 5. The fraction of sp³-hybridized carbons (Fsp3) is 0.400. The van der Waals surface area contributed by atoms with Gasteiger partial charge in [0.1, 0.15) is 12.4 Å². The lowest BCUT2D eigenvalue weighted by Gasteiger charge is -2.22. The van der Waals surface area contributed by atoms with E-state index < -0.39 is 4.92 Å². The highest BCUT2D eigenvalue weighted by molar-refractivity contribution is 5.45. The van der Waals surface area contributed by atoms with E-state index in [-0.39, 0.29) is 11.5 Å². The molecule has 0 bridgehead atoms. The highest BCUT2D eigenvalue weighted by atomic mass is 19.1. The molecule has 1 aliphatic rings. The van der Waals surface area contributed by atoms with Crippen LogP contribution in [-0.4, -0.2) is 54.1 Å².